The van der Waals surface area contributed by atoms with Gasteiger partial charge >= 0.3 is 0 Å². The summed E-state index contributed by atoms with van der Waals surface area (Å²) in [4.78, 5) is 8.92. The van der Waals surface area contributed by atoms with Crippen molar-refractivity contribution in [3.63, 3.8) is 0 Å². The molecule has 0 aliphatic carbocycles. The molecule has 0 fully saturated rings. The number of hydrogen-bond acceptors (Lipinski definition) is 5. The maximum absolute atomic E-state index is 11.8. The fourth-order valence-corrected chi connectivity index (χ4v) is 3.43. The molecule has 0 saturated carbocycles. The Balaban J connectivity index is 0.00000341. The molecule has 3 N–H and O–H groups in total. The highest BCUT2D eigenvalue weighted by Gasteiger charge is 2.11. The van der Waals surface area contributed by atoms with E-state index < -0.39 is 10.0 Å². The van der Waals surface area contributed by atoms with E-state index in [4.69, 9.17) is 4.42 Å². The lowest BCUT2D eigenvalue weighted by Crippen LogP contribution is -2.36. The number of sulfonamides is 1. The zero-order chi connectivity index (χ0) is 21.6. The van der Waals surface area contributed by atoms with Crippen LogP contribution in [0.5, 0.6) is 0 Å². The number of nitrogens with one attached hydrogen (secondary N) is 3. The normalized spacial score (nSPS) is 11.6. The van der Waals surface area contributed by atoms with Crippen LogP contribution in [0, 0.1) is 6.92 Å². The standard InChI is InChI=1S/C21H25N5O3S.HI/c1-15-4-8-17(9-5-15)20-26-18(14-29-20)13-25-21(22-2)24-12-16-6-10-19(11-7-16)30(27,28)23-3;/h4-11,14,23H,12-13H2,1-3H3,(H2,22,24,25);1H. The predicted octanol–water partition coefficient (Wildman–Crippen LogP) is 3.04. The molecule has 0 saturated heterocycles. The van der Waals surface area contributed by atoms with E-state index in [0.717, 1.165) is 16.8 Å². The Kier molecular flexibility index (Phi) is 9.01. The maximum atomic E-state index is 11.8. The van der Waals surface area contributed by atoms with Gasteiger partial charge in [0.1, 0.15) is 6.26 Å². The van der Waals surface area contributed by atoms with Crippen molar-refractivity contribution in [2.75, 3.05) is 14.1 Å². The second-order valence-electron chi connectivity index (χ2n) is 6.64. The van der Waals surface area contributed by atoms with Crippen molar-refractivity contribution in [2.24, 2.45) is 4.99 Å². The summed E-state index contributed by atoms with van der Waals surface area (Å²) >= 11 is 0. The van der Waals surface area contributed by atoms with Gasteiger partial charge in [0.15, 0.2) is 5.96 Å². The van der Waals surface area contributed by atoms with Crippen LogP contribution in [-0.4, -0.2) is 33.5 Å². The number of guanidine groups is 1. The van der Waals surface area contributed by atoms with Crippen LogP contribution >= 0.6 is 24.0 Å². The number of halogens is 1. The number of aryl methyl sites for hydroxylation is 1. The van der Waals surface area contributed by atoms with E-state index in [2.05, 4.69) is 25.3 Å². The first-order valence-electron chi connectivity index (χ1n) is 9.40. The van der Waals surface area contributed by atoms with E-state index in [1.165, 1.54) is 12.6 Å². The first-order chi connectivity index (χ1) is 14.4. The summed E-state index contributed by atoms with van der Waals surface area (Å²) in [5, 5.41) is 6.37. The molecule has 10 heteroatoms. The van der Waals surface area contributed by atoms with E-state index in [-0.39, 0.29) is 28.9 Å². The number of nitrogens with zero attached hydrogens (tertiary/aromatic N) is 2. The third-order valence-electron chi connectivity index (χ3n) is 4.47. The van der Waals surface area contributed by atoms with E-state index in [9.17, 15) is 8.42 Å². The van der Waals surface area contributed by atoms with Crippen LogP contribution in [-0.2, 0) is 23.1 Å². The molecule has 1 aromatic heterocycles. The number of aromatic nitrogens is 1. The van der Waals surface area contributed by atoms with Crippen molar-refractivity contribution >= 4 is 40.0 Å². The number of rotatable bonds is 7. The Morgan fingerprint density at radius 3 is 2.29 bits per heavy atom. The first kappa shape index (κ1) is 24.8. The van der Waals surface area contributed by atoms with Crippen LogP contribution in [0.1, 0.15) is 16.8 Å². The molecule has 0 unspecified atom stereocenters. The number of oxazole rings is 1. The monoisotopic (exact) mass is 555 g/mol. The molecule has 166 valence electrons. The molecule has 0 aliphatic heterocycles. The SMILES string of the molecule is CN=C(NCc1ccc(S(=O)(=O)NC)cc1)NCc1coc(-c2ccc(C)cc2)n1.I. The van der Waals surface area contributed by atoms with Gasteiger partial charge in [0.2, 0.25) is 15.9 Å². The van der Waals surface area contributed by atoms with Gasteiger partial charge in [-0.25, -0.2) is 18.1 Å². The van der Waals surface area contributed by atoms with Crippen molar-refractivity contribution in [2.45, 2.75) is 24.9 Å². The molecule has 0 bridgehead atoms. The molecule has 3 aromatic rings. The summed E-state index contributed by atoms with van der Waals surface area (Å²) in [7, 11) is -0.366. The van der Waals surface area contributed by atoms with Gasteiger partial charge < -0.3 is 15.1 Å². The molecular weight excluding hydrogens is 529 g/mol. The quantitative estimate of drug-likeness (QED) is 0.235. The van der Waals surface area contributed by atoms with E-state index in [1.807, 2.05) is 31.2 Å². The second kappa shape index (κ2) is 11.3. The summed E-state index contributed by atoms with van der Waals surface area (Å²) in [6.45, 7) is 2.98. The minimum Gasteiger partial charge on any atom is -0.444 e. The first-order valence-corrected chi connectivity index (χ1v) is 10.9. The Hall–Kier alpha value is -2.44. The molecule has 0 radical (unpaired) electrons. The van der Waals surface area contributed by atoms with Gasteiger partial charge in [-0.1, -0.05) is 29.8 Å². The second-order valence-corrected chi connectivity index (χ2v) is 8.53. The summed E-state index contributed by atoms with van der Waals surface area (Å²) in [6.07, 6.45) is 1.62. The molecule has 0 atom stereocenters. The van der Waals surface area contributed by atoms with Crippen molar-refractivity contribution in [3.05, 3.63) is 71.6 Å². The largest absolute Gasteiger partial charge is 0.444 e. The summed E-state index contributed by atoms with van der Waals surface area (Å²) in [5.41, 5.74) is 3.80. The molecular formula is C21H26IN5O3S. The fourth-order valence-electron chi connectivity index (χ4n) is 2.70. The molecule has 1 heterocycles. The van der Waals surface area contributed by atoms with Gasteiger partial charge in [-0.05, 0) is 43.8 Å². The Bertz CT molecular complexity index is 1110. The summed E-state index contributed by atoms with van der Waals surface area (Å²) < 4.78 is 31.4. The van der Waals surface area contributed by atoms with Crippen LogP contribution in [0.4, 0.5) is 0 Å². The van der Waals surface area contributed by atoms with Crippen molar-refractivity contribution in [3.8, 4) is 11.5 Å². The molecule has 2 aromatic carbocycles. The molecule has 0 spiro atoms. The van der Waals surface area contributed by atoms with Crippen LogP contribution in [0.3, 0.4) is 0 Å². The van der Waals surface area contributed by atoms with Crippen molar-refractivity contribution in [1.29, 1.82) is 0 Å². The van der Waals surface area contributed by atoms with Crippen LogP contribution in [0.25, 0.3) is 11.5 Å². The molecule has 0 amide bonds. The van der Waals surface area contributed by atoms with Gasteiger partial charge in [-0.3, -0.25) is 4.99 Å². The number of aliphatic imine (C=N–C) groups is 1. The fraction of sp³-hybridized carbons (Fsp3) is 0.238. The molecule has 3 rings (SSSR count). The van der Waals surface area contributed by atoms with E-state index >= 15 is 0 Å². The molecule has 31 heavy (non-hydrogen) atoms. The maximum Gasteiger partial charge on any atom is 0.240 e. The van der Waals surface area contributed by atoms with E-state index in [1.54, 1.807) is 37.6 Å². The van der Waals surface area contributed by atoms with Gasteiger partial charge in [-0.2, -0.15) is 0 Å². The van der Waals surface area contributed by atoms with Crippen LogP contribution < -0.4 is 15.4 Å². The lowest BCUT2D eigenvalue weighted by molar-refractivity contribution is 0.572. The highest BCUT2D eigenvalue weighted by molar-refractivity contribution is 14.0. The van der Waals surface area contributed by atoms with Gasteiger partial charge in [0.05, 0.1) is 17.1 Å². The summed E-state index contributed by atoms with van der Waals surface area (Å²) in [6, 6.07) is 14.7. The van der Waals surface area contributed by atoms with Crippen molar-refractivity contribution in [1.82, 2.24) is 20.3 Å². The average Bonchev–Trinajstić information content (AvgIpc) is 3.23. The minimum absolute atomic E-state index is 0. The Labute approximate surface area is 199 Å². The van der Waals surface area contributed by atoms with Crippen molar-refractivity contribution < 1.29 is 12.8 Å². The molecule has 0 aliphatic rings. The third kappa shape index (κ3) is 6.77. The van der Waals surface area contributed by atoms with Gasteiger partial charge in [-0.15, -0.1) is 24.0 Å². The van der Waals surface area contributed by atoms with Crippen LogP contribution in [0.15, 0.2) is 69.1 Å². The predicted molar refractivity (Wildman–Crippen MR) is 132 cm³/mol. The lowest BCUT2D eigenvalue weighted by atomic mass is 10.1. The summed E-state index contributed by atoms with van der Waals surface area (Å²) in [5.74, 6) is 1.17. The average molecular weight is 555 g/mol. The minimum atomic E-state index is -3.43. The zero-order valence-electron chi connectivity index (χ0n) is 17.5. The van der Waals surface area contributed by atoms with Gasteiger partial charge in [0, 0.05) is 19.2 Å². The Morgan fingerprint density at radius 1 is 1.03 bits per heavy atom. The highest BCUT2D eigenvalue weighted by Crippen LogP contribution is 2.19. The highest BCUT2D eigenvalue weighted by atomic mass is 127. The van der Waals surface area contributed by atoms with Crippen LogP contribution in [0.2, 0.25) is 0 Å². The Morgan fingerprint density at radius 2 is 1.68 bits per heavy atom. The number of benzene rings is 2. The zero-order valence-corrected chi connectivity index (χ0v) is 20.7. The lowest BCUT2D eigenvalue weighted by Gasteiger charge is -2.11. The van der Waals surface area contributed by atoms with E-state index in [0.29, 0.717) is 24.9 Å². The topological polar surface area (TPSA) is 109 Å². The third-order valence-corrected chi connectivity index (χ3v) is 5.90. The van der Waals surface area contributed by atoms with Gasteiger partial charge in [0.25, 0.3) is 0 Å². The number of hydrogen-bond donors (Lipinski definition) is 3. The smallest absolute Gasteiger partial charge is 0.240 e. The molecule has 8 nitrogen and oxygen atoms in total.